The average Bonchev–Trinajstić information content (AvgIpc) is 3.24. The average molecular weight is 483 g/mol. The van der Waals surface area contributed by atoms with Gasteiger partial charge in [0, 0.05) is 19.6 Å². The predicted molar refractivity (Wildman–Crippen MR) is 143 cm³/mol. The molecule has 0 saturated carbocycles. The number of para-hydroxylation sites is 2. The van der Waals surface area contributed by atoms with Crippen LogP contribution in [-0.4, -0.2) is 40.6 Å². The van der Waals surface area contributed by atoms with Crippen LogP contribution in [0.1, 0.15) is 35.4 Å². The van der Waals surface area contributed by atoms with E-state index in [-0.39, 0.29) is 11.8 Å². The summed E-state index contributed by atoms with van der Waals surface area (Å²) in [6.07, 6.45) is 1.94. The van der Waals surface area contributed by atoms with Crippen LogP contribution in [-0.2, 0) is 24.4 Å². The van der Waals surface area contributed by atoms with Crippen LogP contribution in [0.2, 0.25) is 0 Å². The van der Waals surface area contributed by atoms with Gasteiger partial charge in [0.25, 0.3) is 0 Å². The molecule has 4 aromatic rings. The first-order valence-corrected chi connectivity index (χ1v) is 12.7. The number of aromatic nitrogens is 2. The summed E-state index contributed by atoms with van der Waals surface area (Å²) in [6, 6.07) is 24.8. The molecular formula is C30H34N4O2. The van der Waals surface area contributed by atoms with Gasteiger partial charge in [-0.2, -0.15) is 0 Å². The molecule has 1 saturated heterocycles. The second-order valence-corrected chi connectivity index (χ2v) is 9.73. The zero-order chi connectivity index (χ0) is 24.9. The minimum absolute atomic E-state index is 0.00276. The number of benzene rings is 3. The molecule has 0 spiro atoms. The minimum atomic E-state index is 0.00276. The highest BCUT2D eigenvalue weighted by Crippen LogP contribution is 2.23. The maximum absolute atomic E-state index is 13.0. The molecule has 1 aliphatic rings. The van der Waals surface area contributed by atoms with Crippen LogP contribution in [0.4, 0.5) is 0 Å². The largest absolute Gasteiger partial charge is 0.497 e. The van der Waals surface area contributed by atoms with Gasteiger partial charge in [0.1, 0.15) is 11.6 Å². The fraction of sp³-hybridized carbons (Fsp3) is 0.333. The van der Waals surface area contributed by atoms with Crippen molar-refractivity contribution in [1.82, 2.24) is 19.8 Å². The number of hydrogen-bond donors (Lipinski definition) is 1. The minimum Gasteiger partial charge on any atom is -0.497 e. The van der Waals surface area contributed by atoms with Gasteiger partial charge < -0.3 is 14.6 Å². The van der Waals surface area contributed by atoms with Crippen molar-refractivity contribution in [2.75, 3.05) is 20.2 Å². The van der Waals surface area contributed by atoms with E-state index < -0.39 is 0 Å². The summed E-state index contributed by atoms with van der Waals surface area (Å²) in [5.41, 5.74) is 5.69. The number of fused-ring (bicyclic) bond motifs is 1. The molecule has 36 heavy (non-hydrogen) atoms. The molecule has 0 radical (unpaired) electrons. The molecular weight excluding hydrogens is 448 g/mol. The highest BCUT2D eigenvalue weighted by atomic mass is 16.5. The quantitative estimate of drug-likeness (QED) is 0.387. The van der Waals surface area contributed by atoms with E-state index in [1.54, 1.807) is 7.11 Å². The molecule has 0 aliphatic carbocycles. The Balaban J connectivity index is 1.28. The van der Waals surface area contributed by atoms with Crippen molar-refractivity contribution in [1.29, 1.82) is 0 Å². The molecule has 1 amide bonds. The zero-order valence-electron chi connectivity index (χ0n) is 21.1. The van der Waals surface area contributed by atoms with Crippen LogP contribution < -0.4 is 10.1 Å². The number of amides is 1. The Morgan fingerprint density at radius 3 is 2.67 bits per heavy atom. The van der Waals surface area contributed by atoms with E-state index in [0.29, 0.717) is 6.54 Å². The summed E-state index contributed by atoms with van der Waals surface area (Å²) in [6.45, 7) is 5.86. The van der Waals surface area contributed by atoms with Gasteiger partial charge in [-0.3, -0.25) is 9.69 Å². The van der Waals surface area contributed by atoms with Crippen molar-refractivity contribution in [2.24, 2.45) is 5.92 Å². The van der Waals surface area contributed by atoms with Gasteiger partial charge in [-0.1, -0.05) is 54.1 Å². The van der Waals surface area contributed by atoms with Crippen molar-refractivity contribution in [3.8, 4) is 5.75 Å². The van der Waals surface area contributed by atoms with Crippen LogP contribution in [0, 0.1) is 12.8 Å². The summed E-state index contributed by atoms with van der Waals surface area (Å²) < 4.78 is 7.62. The van der Waals surface area contributed by atoms with E-state index in [0.717, 1.165) is 67.2 Å². The number of nitrogens with zero attached hydrogens (tertiary/aromatic N) is 3. The predicted octanol–water partition coefficient (Wildman–Crippen LogP) is 4.93. The van der Waals surface area contributed by atoms with E-state index in [2.05, 4.69) is 70.2 Å². The smallest absolute Gasteiger partial charge is 0.224 e. The first-order chi connectivity index (χ1) is 17.6. The molecule has 1 atom stereocenters. The van der Waals surface area contributed by atoms with Crippen molar-refractivity contribution in [2.45, 2.75) is 39.4 Å². The normalized spacial score (nSPS) is 16.2. The topological polar surface area (TPSA) is 59.4 Å². The molecule has 2 heterocycles. The summed E-state index contributed by atoms with van der Waals surface area (Å²) >= 11 is 0. The number of rotatable bonds is 8. The van der Waals surface area contributed by atoms with Gasteiger partial charge in [0.15, 0.2) is 0 Å². The molecule has 0 bridgehead atoms. The maximum Gasteiger partial charge on any atom is 0.224 e. The van der Waals surface area contributed by atoms with Crippen LogP contribution in [0.25, 0.3) is 11.0 Å². The van der Waals surface area contributed by atoms with Crippen LogP contribution >= 0.6 is 0 Å². The van der Waals surface area contributed by atoms with Gasteiger partial charge in [0.05, 0.1) is 30.6 Å². The number of methoxy groups -OCH3 is 1. The highest BCUT2D eigenvalue weighted by Gasteiger charge is 2.27. The lowest BCUT2D eigenvalue weighted by atomic mass is 9.97. The Kier molecular flexibility index (Phi) is 7.33. The molecule has 186 valence electrons. The Hall–Kier alpha value is -3.64. The third kappa shape index (κ3) is 5.60. The number of imidazole rings is 1. The molecule has 3 aromatic carbocycles. The van der Waals surface area contributed by atoms with E-state index in [9.17, 15) is 4.79 Å². The van der Waals surface area contributed by atoms with Crippen molar-refractivity contribution >= 4 is 16.9 Å². The number of piperidine rings is 1. The number of carbonyl (C=O) groups is 1. The van der Waals surface area contributed by atoms with Gasteiger partial charge in [-0.15, -0.1) is 0 Å². The van der Waals surface area contributed by atoms with E-state index >= 15 is 0 Å². The van der Waals surface area contributed by atoms with Crippen LogP contribution in [0.15, 0.2) is 72.8 Å². The fourth-order valence-corrected chi connectivity index (χ4v) is 5.10. The highest BCUT2D eigenvalue weighted by molar-refractivity contribution is 5.79. The van der Waals surface area contributed by atoms with E-state index in [1.165, 1.54) is 11.1 Å². The lowest BCUT2D eigenvalue weighted by Gasteiger charge is -2.31. The fourth-order valence-electron chi connectivity index (χ4n) is 5.10. The number of aryl methyl sites for hydroxylation is 1. The third-order valence-corrected chi connectivity index (χ3v) is 7.02. The molecule has 6 heteroatoms. The Morgan fingerprint density at radius 1 is 1.03 bits per heavy atom. The molecule has 5 rings (SSSR count). The second kappa shape index (κ2) is 11.0. The standard InChI is InChI=1S/C30H34N4O2/c1-22-7-5-8-24(17-22)18-31-30(35)25-9-6-16-33(20-25)21-29-32-27-10-3-4-11-28(27)34(29)19-23-12-14-26(36-2)15-13-23/h3-5,7-8,10-15,17,25H,6,9,16,18-21H2,1-2H3,(H,31,35)/t25-/m0/s1. The van der Waals surface area contributed by atoms with E-state index in [4.69, 9.17) is 9.72 Å². The Bertz CT molecular complexity index is 1330. The van der Waals surface area contributed by atoms with Gasteiger partial charge >= 0.3 is 0 Å². The van der Waals surface area contributed by atoms with Crippen LogP contribution in [0.3, 0.4) is 0 Å². The van der Waals surface area contributed by atoms with Gasteiger partial charge in [0.2, 0.25) is 5.91 Å². The summed E-state index contributed by atoms with van der Waals surface area (Å²) in [7, 11) is 1.69. The monoisotopic (exact) mass is 482 g/mol. The SMILES string of the molecule is COc1ccc(Cn2c(CN3CCC[C@H](C(=O)NCc4cccc(C)c4)C3)nc3ccccc32)cc1. The molecule has 6 nitrogen and oxygen atoms in total. The maximum atomic E-state index is 13.0. The number of hydrogen-bond acceptors (Lipinski definition) is 4. The summed E-state index contributed by atoms with van der Waals surface area (Å²) in [5, 5.41) is 3.16. The molecule has 0 unspecified atom stereocenters. The second-order valence-electron chi connectivity index (χ2n) is 9.73. The molecule has 1 fully saturated rings. The first-order valence-electron chi connectivity index (χ1n) is 12.7. The van der Waals surface area contributed by atoms with Crippen molar-refractivity contribution in [3.05, 3.63) is 95.3 Å². The lowest BCUT2D eigenvalue weighted by Crippen LogP contribution is -2.42. The number of nitrogens with one attached hydrogen (secondary N) is 1. The first kappa shape index (κ1) is 24.1. The number of ether oxygens (including phenoxy) is 1. The molecule has 1 N–H and O–H groups in total. The summed E-state index contributed by atoms with van der Waals surface area (Å²) in [4.78, 5) is 20.4. The van der Waals surface area contributed by atoms with E-state index in [1.807, 2.05) is 24.3 Å². The Morgan fingerprint density at radius 2 is 1.86 bits per heavy atom. The Labute approximate surface area is 212 Å². The van der Waals surface area contributed by atoms with Crippen LogP contribution in [0.5, 0.6) is 5.75 Å². The lowest BCUT2D eigenvalue weighted by molar-refractivity contribution is -0.127. The van der Waals surface area contributed by atoms with Crippen molar-refractivity contribution < 1.29 is 9.53 Å². The number of carbonyl (C=O) groups excluding carboxylic acids is 1. The molecule has 1 aromatic heterocycles. The van der Waals surface area contributed by atoms with Gasteiger partial charge in [-0.05, 0) is 61.7 Å². The molecule has 1 aliphatic heterocycles. The van der Waals surface area contributed by atoms with Gasteiger partial charge in [-0.25, -0.2) is 4.98 Å². The zero-order valence-corrected chi connectivity index (χ0v) is 21.1. The van der Waals surface area contributed by atoms with Crippen molar-refractivity contribution in [3.63, 3.8) is 0 Å². The third-order valence-electron chi connectivity index (χ3n) is 7.02. The number of likely N-dealkylation sites (tertiary alicyclic amines) is 1. The summed E-state index contributed by atoms with van der Waals surface area (Å²) in [5.74, 6) is 2.04.